The first kappa shape index (κ1) is 16.4. The smallest absolute Gasteiger partial charge is 0.237 e. The molecule has 1 amide bonds. The molecule has 2 unspecified atom stereocenters. The van der Waals surface area contributed by atoms with E-state index < -0.39 is 5.54 Å². The monoisotopic (exact) mass is 306 g/mol. The summed E-state index contributed by atoms with van der Waals surface area (Å²) in [4.78, 5) is 13.3. The second kappa shape index (κ2) is 6.41. The van der Waals surface area contributed by atoms with Gasteiger partial charge in [0.15, 0.2) is 0 Å². The average molecular weight is 306 g/mol. The van der Waals surface area contributed by atoms with Crippen LogP contribution in [0.1, 0.15) is 44.2 Å². The standard InChI is InChI=1S/C17H26N2OS/c1-11(2)19-17(16(18)20)8-7-14(10-17)21-15-9-12(3)5-6-13(15)4/h5-6,9,11,14,19H,7-8,10H2,1-4H3,(H2,18,20). The minimum Gasteiger partial charge on any atom is -0.368 e. The van der Waals surface area contributed by atoms with Crippen molar-refractivity contribution in [2.45, 2.75) is 68.7 Å². The van der Waals surface area contributed by atoms with Gasteiger partial charge in [-0.1, -0.05) is 17.7 Å². The number of benzene rings is 1. The number of amides is 1. The molecule has 1 aromatic rings. The molecular weight excluding hydrogens is 280 g/mol. The molecule has 0 aliphatic heterocycles. The number of rotatable bonds is 5. The van der Waals surface area contributed by atoms with E-state index in [1.54, 1.807) is 0 Å². The maximum atomic E-state index is 11.9. The zero-order chi connectivity index (χ0) is 15.6. The number of thioether (sulfide) groups is 1. The molecule has 0 bridgehead atoms. The van der Waals surface area contributed by atoms with Gasteiger partial charge in [0.05, 0.1) is 5.54 Å². The first-order chi connectivity index (χ1) is 9.82. The van der Waals surface area contributed by atoms with E-state index in [2.05, 4.69) is 51.2 Å². The van der Waals surface area contributed by atoms with Crippen LogP contribution in [0.15, 0.2) is 23.1 Å². The highest BCUT2D eigenvalue weighted by Crippen LogP contribution is 2.41. The van der Waals surface area contributed by atoms with Crippen molar-refractivity contribution in [1.82, 2.24) is 5.32 Å². The van der Waals surface area contributed by atoms with Crippen LogP contribution in [0.25, 0.3) is 0 Å². The Morgan fingerprint density at radius 3 is 2.76 bits per heavy atom. The summed E-state index contributed by atoms with van der Waals surface area (Å²) in [5, 5.41) is 3.86. The summed E-state index contributed by atoms with van der Waals surface area (Å²) in [5.41, 5.74) is 7.74. The van der Waals surface area contributed by atoms with Crippen LogP contribution >= 0.6 is 11.8 Å². The number of carbonyl (C=O) groups excluding carboxylic acids is 1. The zero-order valence-electron chi connectivity index (χ0n) is 13.4. The second-order valence-electron chi connectivity index (χ2n) is 6.50. The Morgan fingerprint density at radius 1 is 1.43 bits per heavy atom. The van der Waals surface area contributed by atoms with E-state index in [1.165, 1.54) is 16.0 Å². The third-order valence-corrected chi connectivity index (χ3v) is 5.57. The van der Waals surface area contributed by atoms with Crippen LogP contribution in [-0.4, -0.2) is 22.7 Å². The lowest BCUT2D eigenvalue weighted by molar-refractivity contribution is -0.124. The summed E-state index contributed by atoms with van der Waals surface area (Å²) in [5.74, 6) is -0.208. The quantitative estimate of drug-likeness (QED) is 0.878. The van der Waals surface area contributed by atoms with E-state index in [-0.39, 0.29) is 11.9 Å². The van der Waals surface area contributed by atoms with Crippen LogP contribution in [0.5, 0.6) is 0 Å². The number of primary amides is 1. The molecule has 1 fully saturated rings. The molecule has 2 atom stereocenters. The highest BCUT2D eigenvalue weighted by atomic mass is 32.2. The first-order valence-corrected chi connectivity index (χ1v) is 8.52. The predicted octanol–water partition coefficient (Wildman–Crippen LogP) is 3.17. The maximum absolute atomic E-state index is 11.9. The summed E-state index contributed by atoms with van der Waals surface area (Å²) in [6.45, 7) is 8.39. The fourth-order valence-electron chi connectivity index (χ4n) is 3.09. The van der Waals surface area contributed by atoms with Gasteiger partial charge < -0.3 is 11.1 Å². The Bertz CT molecular complexity index is 530. The molecule has 0 saturated heterocycles. The summed E-state index contributed by atoms with van der Waals surface area (Å²) >= 11 is 1.89. The highest BCUT2D eigenvalue weighted by molar-refractivity contribution is 8.00. The number of hydrogen-bond acceptors (Lipinski definition) is 3. The van der Waals surface area contributed by atoms with Crippen molar-refractivity contribution in [3.05, 3.63) is 29.3 Å². The molecule has 116 valence electrons. The fourth-order valence-corrected chi connectivity index (χ4v) is 4.56. The molecule has 3 N–H and O–H groups in total. The van der Waals surface area contributed by atoms with Crippen LogP contribution < -0.4 is 11.1 Å². The molecule has 0 heterocycles. The third kappa shape index (κ3) is 3.80. The Kier molecular flexibility index (Phi) is 4.99. The van der Waals surface area contributed by atoms with Gasteiger partial charge in [0.2, 0.25) is 5.91 Å². The Labute approximate surface area is 132 Å². The lowest BCUT2D eigenvalue weighted by Gasteiger charge is -2.29. The minimum atomic E-state index is -0.524. The summed E-state index contributed by atoms with van der Waals surface area (Å²) in [6, 6.07) is 6.81. The Morgan fingerprint density at radius 2 is 2.14 bits per heavy atom. The number of hydrogen-bond donors (Lipinski definition) is 2. The van der Waals surface area contributed by atoms with E-state index in [1.807, 2.05) is 11.8 Å². The number of aryl methyl sites for hydroxylation is 2. The van der Waals surface area contributed by atoms with Gasteiger partial charge in [0.1, 0.15) is 0 Å². The number of nitrogens with one attached hydrogen (secondary N) is 1. The molecule has 1 aliphatic carbocycles. The summed E-state index contributed by atoms with van der Waals surface area (Å²) in [7, 11) is 0. The van der Waals surface area contributed by atoms with Crippen LogP contribution in [0.3, 0.4) is 0 Å². The molecule has 4 heteroatoms. The van der Waals surface area contributed by atoms with Crippen molar-refractivity contribution in [1.29, 1.82) is 0 Å². The van der Waals surface area contributed by atoms with Crippen molar-refractivity contribution in [2.75, 3.05) is 0 Å². The third-order valence-electron chi connectivity index (χ3n) is 4.14. The van der Waals surface area contributed by atoms with E-state index in [9.17, 15) is 4.79 Å². The maximum Gasteiger partial charge on any atom is 0.237 e. The number of nitrogens with two attached hydrogens (primary N) is 1. The van der Waals surface area contributed by atoms with Crippen LogP contribution in [0.2, 0.25) is 0 Å². The fraction of sp³-hybridized carbons (Fsp3) is 0.588. The molecule has 0 radical (unpaired) electrons. The van der Waals surface area contributed by atoms with Gasteiger partial charge in [-0.3, -0.25) is 4.79 Å². The normalized spacial score (nSPS) is 25.5. The van der Waals surface area contributed by atoms with Crippen LogP contribution in [-0.2, 0) is 4.79 Å². The molecule has 1 saturated carbocycles. The van der Waals surface area contributed by atoms with Crippen molar-refractivity contribution < 1.29 is 4.79 Å². The van der Waals surface area contributed by atoms with E-state index in [4.69, 9.17) is 5.73 Å². The molecule has 1 aliphatic rings. The van der Waals surface area contributed by atoms with Crippen LogP contribution in [0, 0.1) is 13.8 Å². The molecule has 3 nitrogen and oxygen atoms in total. The second-order valence-corrected chi connectivity index (χ2v) is 7.84. The van der Waals surface area contributed by atoms with E-state index in [0.717, 1.165) is 19.3 Å². The highest BCUT2D eigenvalue weighted by Gasteiger charge is 2.44. The van der Waals surface area contributed by atoms with E-state index >= 15 is 0 Å². The van der Waals surface area contributed by atoms with Gasteiger partial charge in [0.25, 0.3) is 0 Å². The molecule has 0 aromatic heterocycles. The largest absolute Gasteiger partial charge is 0.368 e. The van der Waals surface area contributed by atoms with Crippen LogP contribution in [0.4, 0.5) is 0 Å². The van der Waals surface area contributed by atoms with Gasteiger partial charge in [-0.05, 0) is 58.6 Å². The Hall–Kier alpha value is -1.00. The molecular formula is C17H26N2OS. The predicted molar refractivity (Wildman–Crippen MR) is 89.6 cm³/mol. The summed E-state index contributed by atoms with van der Waals surface area (Å²) in [6.07, 6.45) is 2.68. The average Bonchev–Trinajstić information content (AvgIpc) is 2.77. The van der Waals surface area contributed by atoms with Crippen molar-refractivity contribution in [3.63, 3.8) is 0 Å². The van der Waals surface area contributed by atoms with Gasteiger partial charge in [-0.25, -0.2) is 0 Å². The first-order valence-electron chi connectivity index (χ1n) is 7.64. The van der Waals surface area contributed by atoms with Crippen molar-refractivity contribution in [3.8, 4) is 0 Å². The summed E-state index contributed by atoms with van der Waals surface area (Å²) < 4.78 is 0. The van der Waals surface area contributed by atoms with Gasteiger partial charge in [-0.2, -0.15) is 0 Å². The molecule has 0 spiro atoms. The SMILES string of the molecule is Cc1ccc(C)c(SC2CCC(NC(C)C)(C(N)=O)C2)c1. The molecule has 21 heavy (non-hydrogen) atoms. The lowest BCUT2D eigenvalue weighted by atomic mass is 9.96. The van der Waals surface area contributed by atoms with Gasteiger partial charge >= 0.3 is 0 Å². The van der Waals surface area contributed by atoms with Gasteiger partial charge in [-0.15, -0.1) is 11.8 Å². The van der Waals surface area contributed by atoms with Gasteiger partial charge in [0, 0.05) is 16.2 Å². The number of carbonyl (C=O) groups is 1. The Balaban J connectivity index is 2.10. The minimum absolute atomic E-state index is 0.208. The molecule has 2 rings (SSSR count). The van der Waals surface area contributed by atoms with Crippen molar-refractivity contribution >= 4 is 17.7 Å². The van der Waals surface area contributed by atoms with Crippen molar-refractivity contribution in [2.24, 2.45) is 5.73 Å². The molecule has 1 aromatic carbocycles. The topological polar surface area (TPSA) is 55.1 Å². The lowest BCUT2D eigenvalue weighted by Crippen LogP contribution is -2.56. The van der Waals surface area contributed by atoms with E-state index in [0.29, 0.717) is 5.25 Å². The zero-order valence-corrected chi connectivity index (χ0v) is 14.2.